The first-order valence-corrected chi connectivity index (χ1v) is 4.08. The molecule has 0 aliphatic rings. The zero-order valence-electron chi connectivity index (χ0n) is 5.67. The summed E-state index contributed by atoms with van der Waals surface area (Å²) >= 11 is 2.17. The molecule has 11 heavy (non-hydrogen) atoms. The van der Waals surface area contributed by atoms with Gasteiger partial charge in [0.2, 0.25) is 0 Å². The first-order valence-electron chi connectivity index (χ1n) is 3.00. The van der Waals surface area contributed by atoms with E-state index in [-0.39, 0.29) is 5.91 Å². The molecule has 1 aromatic carbocycles. The van der Waals surface area contributed by atoms with Crippen LogP contribution in [-0.2, 0) is 0 Å². The van der Waals surface area contributed by atoms with Gasteiger partial charge in [0.1, 0.15) is 0 Å². The van der Waals surface area contributed by atoms with Gasteiger partial charge in [-0.05, 0) is 46.9 Å². The molecular weight excluding hydrogens is 259 g/mol. The minimum Gasteiger partial charge on any atom is -0.290 e. The Bertz CT molecular complexity index is 258. The van der Waals surface area contributed by atoms with Crippen LogP contribution in [0.1, 0.15) is 10.4 Å². The Hall–Kier alpha value is -0.620. The number of nitrogen functional groups attached to an aromatic ring is 1. The Morgan fingerprint density at radius 2 is 1.91 bits per heavy atom. The Balaban J connectivity index is 2.90. The molecule has 0 radical (unpaired) electrons. The van der Waals surface area contributed by atoms with Crippen molar-refractivity contribution in [2.75, 3.05) is 0 Å². The Morgan fingerprint density at radius 1 is 1.36 bits per heavy atom. The summed E-state index contributed by atoms with van der Waals surface area (Å²) in [5, 5.41) is 0. The van der Waals surface area contributed by atoms with Gasteiger partial charge in [0.05, 0.1) is 0 Å². The number of benzene rings is 1. The molecule has 3 nitrogen and oxygen atoms in total. The number of hydrogen-bond donors (Lipinski definition) is 2. The molecular formula is C7H7IN2O. The topological polar surface area (TPSA) is 55.1 Å². The van der Waals surface area contributed by atoms with E-state index in [2.05, 4.69) is 28.0 Å². The molecule has 1 rings (SSSR count). The fourth-order valence-corrected chi connectivity index (χ4v) is 1.04. The molecule has 58 valence electrons. The Labute approximate surface area is 78.1 Å². The largest absolute Gasteiger partial charge is 0.290 e. The first kappa shape index (κ1) is 8.48. The summed E-state index contributed by atoms with van der Waals surface area (Å²) < 4.78 is 1.09. The summed E-state index contributed by atoms with van der Waals surface area (Å²) in [6.07, 6.45) is 0. The van der Waals surface area contributed by atoms with Gasteiger partial charge in [0.15, 0.2) is 0 Å². The summed E-state index contributed by atoms with van der Waals surface area (Å²) in [6.45, 7) is 0. The predicted molar refractivity (Wildman–Crippen MR) is 50.8 cm³/mol. The highest BCUT2D eigenvalue weighted by Crippen LogP contribution is 2.05. The van der Waals surface area contributed by atoms with Crippen molar-refractivity contribution in [3.8, 4) is 0 Å². The zero-order chi connectivity index (χ0) is 8.27. The lowest BCUT2D eigenvalue weighted by atomic mass is 10.2. The van der Waals surface area contributed by atoms with Crippen LogP contribution in [-0.4, -0.2) is 5.91 Å². The zero-order valence-corrected chi connectivity index (χ0v) is 7.83. The van der Waals surface area contributed by atoms with E-state index in [0.717, 1.165) is 3.57 Å². The van der Waals surface area contributed by atoms with Gasteiger partial charge in [-0.3, -0.25) is 10.2 Å². The number of nitrogens with one attached hydrogen (secondary N) is 1. The minimum atomic E-state index is -0.263. The highest BCUT2D eigenvalue weighted by Gasteiger charge is 2.00. The lowest BCUT2D eigenvalue weighted by Gasteiger charge is -1.97. The van der Waals surface area contributed by atoms with E-state index in [1.165, 1.54) is 0 Å². The van der Waals surface area contributed by atoms with Gasteiger partial charge in [-0.25, -0.2) is 5.84 Å². The standard InChI is InChI=1S/C7H7IN2O/c8-6-3-1-5(2-4-6)7(11)10-9/h1-4H,9H2,(H,10,11)/i8+4. The lowest BCUT2D eigenvalue weighted by molar-refractivity contribution is 0.0953. The van der Waals surface area contributed by atoms with E-state index in [1.54, 1.807) is 12.1 Å². The number of rotatable bonds is 1. The van der Waals surface area contributed by atoms with E-state index in [1.807, 2.05) is 12.1 Å². The number of halogens is 1. The molecule has 0 saturated carbocycles. The number of carbonyl (C=O) groups is 1. The van der Waals surface area contributed by atoms with Crippen molar-refractivity contribution >= 4 is 28.5 Å². The van der Waals surface area contributed by atoms with Crippen molar-refractivity contribution in [3.63, 3.8) is 0 Å². The predicted octanol–water partition coefficient (Wildman–Crippen LogP) is 0.895. The lowest BCUT2D eigenvalue weighted by Crippen LogP contribution is -2.29. The van der Waals surface area contributed by atoms with Crippen molar-refractivity contribution in [1.29, 1.82) is 0 Å². The van der Waals surface area contributed by atoms with Gasteiger partial charge >= 0.3 is 0 Å². The normalized spacial score (nSPS) is 9.27. The number of hydrogen-bond acceptors (Lipinski definition) is 2. The van der Waals surface area contributed by atoms with Gasteiger partial charge in [-0.1, -0.05) is 0 Å². The SMILES string of the molecule is NNC(=O)c1ccc([131I])cc1. The molecule has 1 aromatic rings. The van der Waals surface area contributed by atoms with Crippen molar-refractivity contribution in [1.82, 2.24) is 5.43 Å². The maximum absolute atomic E-state index is 10.9. The molecule has 0 spiro atoms. The molecule has 0 heterocycles. The molecule has 0 bridgehead atoms. The average Bonchev–Trinajstić information content (AvgIpc) is 2.05. The molecule has 1 amide bonds. The summed E-state index contributed by atoms with van der Waals surface area (Å²) in [5.41, 5.74) is 2.64. The second-order valence-electron chi connectivity index (χ2n) is 1.98. The monoisotopic (exact) mass is 266 g/mol. The third kappa shape index (κ3) is 2.16. The van der Waals surface area contributed by atoms with Crippen LogP contribution in [0.2, 0.25) is 0 Å². The first-order chi connectivity index (χ1) is 5.24. The number of amides is 1. The summed E-state index contributed by atoms with van der Waals surface area (Å²) in [7, 11) is 0. The van der Waals surface area contributed by atoms with E-state index >= 15 is 0 Å². The second kappa shape index (κ2) is 3.68. The Morgan fingerprint density at radius 3 is 2.36 bits per heavy atom. The van der Waals surface area contributed by atoms with E-state index in [4.69, 9.17) is 5.84 Å². The van der Waals surface area contributed by atoms with Crippen LogP contribution < -0.4 is 11.3 Å². The maximum atomic E-state index is 10.9. The highest BCUT2D eigenvalue weighted by molar-refractivity contribution is 14.1. The van der Waals surface area contributed by atoms with Gasteiger partial charge in [0.25, 0.3) is 5.91 Å². The van der Waals surface area contributed by atoms with E-state index in [9.17, 15) is 4.79 Å². The molecule has 0 saturated heterocycles. The van der Waals surface area contributed by atoms with Crippen molar-refractivity contribution in [3.05, 3.63) is 33.4 Å². The average molecular weight is 266 g/mol. The van der Waals surface area contributed by atoms with Crippen molar-refractivity contribution in [2.45, 2.75) is 0 Å². The smallest absolute Gasteiger partial charge is 0.265 e. The fraction of sp³-hybridized carbons (Fsp3) is 0. The molecule has 4 heteroatoms. The number of nitrogens with two attached hydrogens (primary N) is 1. The molecule has 0 aromatic heterocycles. The quantitative estimate of drug-likeness (QED) is 0.343. The molecule has 0 atom stereocenters. The minimum absolute atomic E-state index is 0.263. The van der Waals surface area contributed by atoms with Crippen LogP contribution in [0.4, 0.5) is 0 Å². The van der Waals surface area contributed by atoms with Gasteiger partial charge in [-0.2, -0.15) is 0 Å². The molecule has 0 fully saturated rings. The van der Waals surface area contributed by atoms with Crippen LogP contribution in [0.3, 0.4) is 0 Å². The molecule has 0 aliphatic heterocycles. The highest BCUT2D eigenvalue weighted by atomic mass is 131. The van der Waals surface area contributed by atoms with Crippen LogP contribution in [0.25, 0.3) is 0 Å². The van der Waals surface area contributed by atoms with E-state index < -0.39 is 0 Å². The van der Waals surface area contributed by atoms with Gasteiger partial charge in [0, 0.05) is 9.13 Å². The second-order valence-corrected chi connectivity index (χ2v) is 3.23. The Kier molecular flexibility index (Phi) is 2.84. The molecule has 3 N–H and O–H groups in total. The van der Waals surface area contributed by atoms with Crippen LogP contribution in [0, 0.1) is 3.57 Å². The van der Waals surface area contributed by atoms with E-state index in [0.29, 0.717) is 5.56 Å². The summed E-state index contributed by atoms with van der Waals surface area (Å²) in [5.74, 6) is 4.68. The fourth-order valence-electron chi connectivity index (χ4n) is 0.685. The third-order valence-corrected chi connectivity index (χ3v) is 1.96. The number of carbonyl (C=O) groups excluding carboxylic acids is 1. The van der Waals surface area contributed by atoms with Gasteiger partial charge in [-0.15, -0.1) is 0 Å². The maximum Gasteiger partial charge on any atom is 0.265 e. The summed E-state index contributed by atoms with van der Waals surface area (Å²) in [4.78, 5) is 10.9. The van der Waals surface area contributed by atoms with Crippen LogP contribution >= 0.6 is 22.6 Å². The van der Waals surface area contributed by atoms with Crippen molar-refractivity contribution in [2.24, 2.45) is 5.84 Å². The van der Waals surface area contributed by atoms with Crippen molar-refractivity contribution < 1.29 is 4.79 Å². The van der Waals surface area contributed by atoms with Gasteiger partial charge < -0.3 is 0 Å². The van der Waals surface area contributed by atoms with Crippen LogP contribution in [0.5, 0.6) is 0 Å². The third-order valence-electron chi connectivity index (χ3n) is 1.24. The van der Waals surface area contributed by atoms with Crippen LogP contribution in [0.15, 0.2) is 24.3 Å². The number of hydrazine groups is 1. The molecule has 0 aliphatic carbocycles. The summed E-state index contributed by atoms with van der Waals surface area (Å²) in [6, 6.07) is 7.16. The molecule has 0 unspecified atom stereocenters.